The van der Waals surface area contributed by atoms with Gasteiger partial charge in [0.15, 0.2) is 0 Å². The topological polar surface area (TPSA) is 89.3 Å². The minimum atomic E-state index is -1.47. The lowest BCUT2D eigenvalue weighted by Crippen LogP contribution is -2.51. The smallest absolute Gasteiger partial charge is 0.244 e. The molecule has 70 valence electrons. The first-order valence-electron chi connectivity index (χ1n) is 3.86. The molecule has 0 aliphatic rings. The molecule has 4 heteroatoms. The van der Waals surface area contributed by atoms with Gasteiger partial charge in [0.25, 0.3) is 0 Å². The van der Waals surface area contributed by atoms with Crippen molar-refractivity contribution in [2.45, 2.75) is 5.54 Å². The minimum Gasteiger partial charge on any atom is -0.394 e. The minimum absolute atomic E-state index is 0.494. The van der Waals surface area contributed by atoms with Crippen LogP contribution in [-0.2, 0) is 10.3 Å². The molecule has 1 amide bonds. The predicted octanol–water partition coefficient (Wildman–Crippen LogP) is -0.682. The Morgan fingerprint density at radius 1 is 1.38 bits per heavy atom. The van der Waals surface area contributed by atoms with E-state index in [-0.39, 0.29) is 0 Å². The van der Waals surface area contributed by atoms with E-state index in [9.17, 15) is 4.79 Å². The molecule has 13 heavy (non-hydrogen) atoms. The number of amides is 1. The molecular formula is C9H12N2O2. The fourth-order valence-electron chi connectivity index (χ4n) is 1.05. The summed E-state index contributed by atoms with van der Waals surface area (Å²) in [5.74, 6) is -0.735. The van der Waals surface area contributed by atoms with Crippen LogP contribution in [0.25, 0.3) is 0 Å². The van der Waals surface area contributed by atoms with Crippen LogP contribution in [0.1, 0.15) is 5.56 Å². The third-order valence-electron chi connectivity index (χ3n) is 1.98. The van der Waals surface area contributed by atoms with E-state index >= 15 is 0 Å². The van der Waals surface area contributed by atoms with Crippen molar-refractivity contribution in [1.82, 2.24) is 0 Å². The SMILES string of the molecule is NC(=O)[C@@](N)(CO)c1ccccc1. The maximum atomic E-state index is 11.0. The molecule has 0 saturated carbocycles. The highest BCUT2D eigenvalue weighted by Gasteiger charge is 2.32. The Balaban J connectivity index is 3.11. The Morgan fingerprint density at radius 3 is 2.31 bits per heavy atom. The van der Waals surface area contributed by atoms with E-state index < -0.39 is 18.1 Å². The van der Waals surface area contributed by atoms with Crippen molar-refractivity contribution >= 4 is 5.91 Å². The second-order valence-corrected chi connectivity index (χ2v) is 2.86. The molecule has 0 radical (unpaired) electrons. The number of carbonyl (C=O) groups is 1. The Kier molecular flexibility index (Phi) is 2.65. The van der Waals surface area contributed by atoms with Gasteiger partial charge >= 0.3 is 0 Å². The lowest BCUT2D eigenvalue weighted by Gasteiger charge is -2.23. The van der Waals surface area contributed by atoms with E-state index in [0.717, 1.165) is 0 Å². The number of carbonyl (C=O) groups excluding carboxylic acids is 1. The summed E-state index contributed by atoms with van der Waals surface area (Å²) >= 11 is 0. The Hall–Kier alpha value is -1.39. The number of aliphatic hydroxyl groups excluding tert-OH is 1. The van der Waals surface area contributed by atoms with Crippen molar-refractivity contribution in [2.24, 2.45) is 11.5 Å². The summed E-state index contributed by atoms with van der Waals surface area (Å²) in [7, 11) is 0. The maximum absolute atomic E-state index is 11.0. The highest BCUT2D eigenvalue weighted by atomic mass is 16.3. The highest BCUT2D eigenvalue weighted by Crippen LogP contribution is 2.16. The van der Waals surface area contributed by atoms with Crippen molar-refractivity contribution in [3.63, 3.8) is 0 Å². The van der Waals surface area contributed by atoms with Crippen molar-refractivity contribution in [1.29, 1.82) is 0 Å². The molecule has 0 heterocycles. The Morgan fingerprint density at radius 2 is 1.92 bits per heavy atom. The lowest BCUT2D eigenvalue weighted by molar-refractivity contribution is -0.124. The van der Waals surface area contributed by atoms with Gasteiger partial charge in [-0.25, -0.2) is 0 Å². The zero-order valence-corrected chi connectivity index (χ0v) is 7.10. The quantitative estimate of drug-likeness (QED) is 0.575. The average molecular weight is 180 g/mol. The van der Waals surface area contributed by atoms with E-state index in [1.54, 1.807) is 30.3 Å². The van der Waals surface area contributed by atoms with Crippen LogP contribution in [0.5, 0.6) is 0 Å². The van der Waals surface area contributed by atoms with Gasteiger partial charge in [-0.1, -0.05) is 30.3 Å². The Labute approximate surface area is 76.2 Å². The van der Waals surface area contributed by atoms with E-state index in [1.165, 1.54) is 0 Å². The molecule has 0 aliphatic heterocycles. The van der Waals surface area contributed by atoms with Crippen LogP contribution in [0.4, 0.5) is 0 Å². The summed E-state index contributed by atoms with van der Waals surface area (Å²) < 4.78 is 0. The fraction of sp³-hybridized carbons (Fsp3) is 0.222. The maximum Gasteiger partial charge on any atom is 0.244 e. The standard InChI is InChI=1S/C9H12N2O2/c10-8(13)9(11,6-12)7-4-2-1-3-5-7/h1-5,12H,6,11H2,(H2,10,13)/t9-/m1/s1. The van der Waals surface area contributed by atoms with Gasteiger partial charge in [-0.3, -0.25) is 4.79 Å². The van der Waals surface area contributed by atoms with Crippen LogP contribution in [0.2, 0.25) is 0 Å². The van der Waals surface area contributed by atoms with Crippen LogP contribution < -0.4 is 11.5 Å². The van der Waals surface area contributed by atoms with Crippen LogP contribution in [0, 0.1) is 0 Å². The molecular weight excluding hydrogens is 168 g/mol. The van der Waals surface area contributed by atoms with Crippen LogP contribution in [-0.4, -0.2) is 17.6 Å². The molecule has 4 nitrogen and oxygen atoms in total. The van der Waals surface area contributed by atoms with Crippen molar-refractivity contribution in [3.8, 4) is 0 Å². The van der Waals surface area contributed by atoms with Gasteiger partial charge in [0.2, 0.25) is 5.91 Å². The number of hydrogen-bond donors (Lipinski definition) is 3. The molecule has 0 unspecified atom stereocenters. The molecule has 0 fully saturated rings. The summed E-state index contributed by atoms with van der Waals surface area (Å²) in [5.41, 5.74) is 9.77. The number of nitrogens with two attached hydrogens (primary N) is 2. The first kappa shape index (κ1) is 9.70. The molecule has 0 aliphatic carbocycles. The van der Waals surface area contributed by atoms with Crippen LogP contribution in [0.3, 0.4) is 0 Å². The van der Waals surface area contributed by atoms with Gasteiger partial charge in [0.05, 0.1) is 6.61 Å². The van der Waals surface area contributed by atoms with Gasteiger partial charge in [-0.05, 0) is 5.56 Å². The molecule has 0 aromatic heterocycles. The zero-order chi connectivity index (χ0) is 9.90. The summed E-state index contributed by atoms with van der Waals surface area (Å²) in [4.78, 5) is 11.0. The average Bonchev–Trinajstić information content (AvgIpc) is 2.17. The molecule has 5 N–H and O–H groups in total. The monoisotopic (exact) mass is 180 g/mol. The number of aliphatic hydroxyl groups is 1. The second-order valence-electron chi connectivity index (χ2n) is 2.86. The van der Waals surface area contributed by atoms with Gasteiger partial charge in [-0.2, -0.15) is 0 Å². The fourth-order valence-corrected chi connectivity index (χ4v) is 1.05. The third kappa shape index (κ3) is 1.68. The zero-order valence-electron chi connectivity index (χ0n) is 7.10. The summed E-state index contributed by atoms with van der Waals surface area (Å²) in [6.07, 6.45) is 0. The summed E-state index contributed by atoms with van der Waals surface area (Å²) in [5, 5.41) is 8.98. The second kappa shape index (κ2) is 3.55. The van der Waals surface area contributed by atoms with E-state index in [0.29, 0.717) is 5.56 Å². The molecule has 1 atom stereocenters. The normalized spacial score (nSPS) is 14.9. The lowest BCUT2D eigenvalue weighted by atomic mass is 9.91. The highest BCUT2D eigenvalue weighted by molar-refractivity contribution is 5.86. The van der Waals surface area contributed by atoms with Gasteiger partial charge < -0.3 is 16.6 Å². The molecule has 0 bridgehead atoms. The van der Waals surface area contributed by atoms with Gasteiger partial charge in [-0.15, -0.1) is 0 Å². The molecule has 1 rings (SSSR count). The van der Waals surface area contributed by atoms with Crippen LogP contribution in [0.15, 0.2) is 30.3 Å². The third-order valence-corrected chi connectivity index (χ3v) is 1.98. The number of rotatable bonds is 3. The number of benzene rings is 1. The first-order valence-corrected chi connectivity index (χ1v) is 3.86. The predicted molar refractivity (Wildman–Crippen MR) is 48.6 cm³/mol. The number of primary amides is 1. The van der Waals surface area contributed by atoms with Crippen molar-refractivity contribution in [3.05, 3.63) is 35.9 Å². The molecule has 1 aromatic rings. The van der Waals surface area contributed by atoms with Gasteiger partial charge in [0, 0.05) is 0 Å². The van der Waals surface area contributed by atoms with Crippen molar-refractivity contribution in [2.75, 3.05) is 6.61 Å². The number of hydrogen-bond acceptors (Lipinski definition) is 3. The van der Waals surface area contributed by atoms with Crippen molar-refractivity contribution < 1.29 is 9.90 Å². The molecule has 1 aromatic carbocycles. The first-order chi connectivity index (χ1) is 6.11. The van der Waals surface area contributed by atoms with Crippen LogP contribution >= 0.6 is 0 Å². The van der Waals surface area contributed by atoms with E-state index in [1.807, 2.05) is 0 Å². The summed E-state index contributed by atoms with van der Waals surface area (Å²) in [6, 6.07) is 8.56. The Bertz CT molecular complexity index is 300. The van der Waals surface area contributed by atoms with E-state index in [4.69, 9.17) is 16.6 Å². The summed E-state index contributed by atoms with van der Waals surface area (Å²) in [6.45, 7) is -0.494. The van der Waals surface area contributed by atoms with E-state index in [2.05, 4.69) is 0 Å². The molecule has 0 saturated heterocycles. The largest absolute Gasteiger partial charge is 0.394 e. The molecule has 0 spiro atoms. The van der Waals surface area contributed by atoms with Gasteiger partial charge in [0.1, 0.15) is 5.54 Å².